The highest BCUT2D eigenvalue weighted by atomic mass is 16.5. The van der Waals surface area contributed by atoms with E-state index in [0.717, 1.165) is 22.6 Å². The molecule has 0 aliphatic carbocycles. The number of hydrogen-bond donors (Lipinski definition) is 1. The molecule has 0 atom stereocenters. The second-order valence-electron chi connectivity index (χ2n) is 6.04. The van der Waals surface area contributed by atoms with Crippen LogP contribution in [0.25, 0.3) is 5.69 Å². The fraction of sp³-hybridized carbons (Fsp3) is 0.200. The van der Waals surface area contributed by atoms with Gasteiger partial charge in [0.05, 0.1) is 24.2 Å². The number of benzene rings is 2. The van der Waals surface area contributed by atoms with Gasteiger partial charge in [-0.1, -0.05) is 6.07 Å². The van der Waals surface area contributed by atoms with Crippen LogP contribution in [0.15, 0.2) is 48.5 Å². The molecule has 5 heteroatoms. The van der Waals surface area contributed by atoms with Crippen LogP contribution in [-0.2, 0) is 0 Å². The van der Waals surface area contributed by atoms with Crippen LogP contribution in [0, 0.1) is 20.8 Å². The molecule has 0 spiro atoms. The van der Waals surface area contributed by atoms with E-state index < -0.39 is 0 Å². The predicted molar refractivity (Wildman–Crippen MR) is 98.7 cm³/mol. The van der Waals surface area contributed by atoms with Crippen molar-refractivity contribution in [3.8, 4) is 11.4 Å². The third kappa shape index (κ3) is 3.55. The summed E-state index contributed by atoms with van der Waals surface area (Å²) in [5.41, 5.74) is 5.24. The molecule has 1 amide bonds. The first kappa shape index (κ1) is 16.8. The Morgan fingerprint density at radius 2 is 1.76 bits per heavy atom. The summed E-state index contributed by atoms with van der Waals surface area (Å²) >= 11 is 0. The minimum absolute atomic E-state index is 0.177. The maximum absolute atomic E-state index is 12.5. The maximum atomic E-state index is 12.5. The Bertz CT molecular complexity index is 911. The van der Waals surface area contributed by atoms with E-state index in [1.165, 1.54) is 0 Å². The molecule has 0 saturated heterocycles. The number of nitrogens with zero attached hydrogens (tertiary/aromatic N) is 2. The van der Waals surface area contributed by atoms with E-state index in [-0.39, 0.29) is 5.91 Å². The van der Waals surface area contributed by atoms with Crippen molar-refractivity contribution in [3.63, 3.8) is 0 Å². The molecular formula is C20H21N3O2. The fourth-order valence-electron chi connectivity index (χ4n) is 2.76. The normalized spacial score (nSPS) is 10.6. The first-order chi connectivity index (χ1) is 12.0. The highest BCUT2D eigenvalue weighted by molar-refractivity contribution is 6.05. The lowest BCUT2D eigenvalue weighted by molar-refractivity contribution is 0.102. The summed E-state index contributed by atoms with van der Waals surface area (Å²) < 4.78 is 7.16. The first-order valence-electron chi connectivity index (χ1n) is 8.07. The minimum Gasteiger partial charge on any atom is -0.495 e. The van der Waals surface area contributed by atoms with Gasteiger partial charge in [0, 0.05) is 11.3 Å². The Balaban J connectivity index is 1.82. The maximum Gasteiger partial charge on any atom is 0.255 e. The number of amides is 1. The Hall–Kier alpha value is -3.08. The Morgan fingerprint density at radius 1 is 1.04 bits per heavy atom. The van der Waals surface area contributed by atoms with Crippen molar-refractivity contribution < 1.29 is 9.53 Å². The van der Waals surface area contributed by atoms with Crippen LogP contribution in [0.1, 0.15) is 27.3 Å². The van der Waals surface area contributed by atoms with E-state index in [1.54, 1.807) is 19.2 Å². The summed E-state index contributed by atoms with van der Waals surface area (Å²) in [6, 6.07) is 15.1. The third-order valence-electron chi connectivity index (χ3n) is 3.99. The standard InChI is InChI=1S/C20H21N3O2/c1-13-5-10-19(25-4)18(11-13)21-20(24)16-6-8-17(9-7-16)23-15(3)12-14(2)22-23/h5-12H,1-4H3,(H,21,24). The van der Waals surface area contributed by atoms with E-state index in [4.69, 9.17) is 4.74 Å². The molecule has 0 aliphatic rings. The molecule has 1 aromatic heterocycles. The lowest BCUT2D eigenvalue weighted by Crippen LogP contribution is -2.13. The van der Waals surface area contributed by atoms with E-state index in [9.17, 15) is 4.79 Å². The quantitative estimate of drug-likeness (QED) is 0.782. The van der Waals surface area contributed by atoms with Crippen molar-refractivity contribution in [2.24, 2.45) is 0 Å². The monoisotopic (exact) mass is 335 g/mol. The third-order valence-corrected chi connectivity index (χ3v) is 3.99. The number of nitrogens with one attached hydrogen (secondary N) is 1. The predicted octanol–water partition coefficient (Wildman–Crippen LogP) is 4.06. The van der Waals surface area contributed by atoms with E-state index in [2.05, 4.69) is 10.4 Å². The van der Waals surface area contributed by atoms with Crippen molar-refractivity contribution in [2.45, 2.75) is 20.8 Å². The Labute approximate surface area is 147 Å². The highest BCUT2D eigenvalue weighted by Crippen LogP contribution is 2.26. The van der Waals surface area contributed by atoms with Crippen molar-refractivity contribution >= 4 is 11.6 Å². The molecular weight excluding hydrogens is 314 g/mol. The van der Waals surface area contributed by atoms with Gasteiger partial charge in [0.2, 0.25) is 0 Å². The number of aryl methyl sites for hydroxylation is 3. The van der Waals surface area contributed by atoms with Gasteiger partial charge in [0.1, 0.15) is 5.75 Å². The average molecular weight is 335 g/mol. The zero-order valence-corrected chi connectivity index (χ0v) is 14.8. The summed E-state index contributed by atoms with van der Waals surface area (Å²) in [5.74, 6) is 0.460. The van der Waals surface area contributed by atoms with E-state index in [0.29, 0.717) is 17.0 Å². The smallest absolute Gasteiger partial charge is 0.255 e. The average Bonchev–Trinajstić information content (AvgIpc) is 2.93. The largest absolute Gasteiger partial charge is 0.495 e. The zero-order valence-electron chi connectivity index (χ0n) is 14.8. The lowest BCUT2D eigenvalue weighted by Gasteiger charge is -2.11. The number of aromatic nitrogens is 2. The molecule has 0 aliphatic heterocycles. The van der Waals surface area contributed by atoms with Crippen molar-refractivity contribution in [2.75, 3.05) is 12.4 Å². The number of hydrogen-bond acceptors (Lipinski definition) is 3. The van der Waals surface area contributed by atoms with Crippen LogP contribution in [0.5, 0.6) is 5.75 Å². The van der Waals surface area contributed by atoms with E-state index >= 15 is 0 Å². The van der Waals surface area contributed by atoms with Crippen LogP contribution < -0.4 is 10.1 Å². The number of carbonyl (C=O) groups is 1. The van der Waals surface area contributed by atoms with Crippen molar-refractivity contribution in [1.29, 1.82) is 0 Å². The minimum atomic E-state index is -0.177. The first-order valence-corrected chi connectivity index (χ1v) is 8.07. The number of methoxy groups -OCH3 is 1. The molecule has 3 rings (SSSR count). The van der Waals surface area contributed by atoms with Gasteiger partial charge < -0.3 is 10.1 Å². The summed E-state index contributed by atoms with van der Waals surface area (Å²) in [6.07, 6.45) is 0. The van der Waals surface area contributed by atoms with Crippen molar-refractivity contribution in [1.82, 2.24) is 9.78 Å². The molecule has 2 aromatic carbocycles. The van der Waals surface area contributed by atoms with Gasteiger partial charge >= 0.3 is 0 Å². The van der Waals surface area contributed by atoms with Crippen LogP contribution in [0.2, 0.25) is 0 Å². The molecule has 0 fully saturated rings. The second kappa shape index (κ2) is 6.81. The molecule has 0 saturated carbocycles. The van der Waals surface area contributed by atoms with Crippen LogP contribution in [0.4, 0.5) is 5.69 Å². The highest BCUT2D eigenvalue weighted by Gasteiger charge is 2.11. The molecule has 0 radical (unpaired) electrons. The Kier molecular flexibility index (Phi) is 4.57. The SMILES string of the molecule is COc1ccc(C)cc1NC(=O)c1ccc(-n2nc(C)cc2C)cc1. The molecule has 0 bridgehead atoms. The van der Waals surface area contributed by atoms with Gasteiger partial charge in [0.25, 0.3) is 5.91 Å². The molecule has 5 nitrogen and oxygen atoms in total. The Morgan fingerprint density at radius 3 is 2.36 bits per heavy atom. The van der Waals surface area contributed by atoms with Crippen LogP contribution in [0.3, 0.4) is 0 Å². The summed E-state index contributed by atoms with van der Waals surface area (Å²) in [6.45, 7) is 5.93. The summed E-state index contributed by atoms with van der Waals surface area (Å²) in [7, 11) is 1.59. The van der Waals surface area contributed by atoms with Crippen LogP contribution >= 0.6 is 0 Å². The second-order valence-corrected chi connectivity index (χ2v) is 6.04. The summed E-state index contributed by atoms with van der Waals surface area (Å²) in [5, 5.41) is 7.36. The molecule has 25 heavy (non-hydrogen) atoms. The molecule has 1 N–H and O–H groups in total. The molecule has 3 aromatic rings. The van der Waals surface area contributed by atoms with Gasteiger partial charge in [-0.15, -0.1) is 0 Å². The topological polar surface area (TPSA) is 56.1 Å². The van der Waals surface area contributed by atoms with E-state index in [1.807, 2.05) is 61.9 Å². The zero-order chi connectivity index (χ0) is 18.0. The lowest BCUT2D eigenvalue weighted by atomic mass is 10.1. The van der Waals surface area contributed by atoms with Gasteiger partial charge in [-0.2, -0.15) is 5.10 Å². The molecule has 128 valence electrons. The number of rotatable bonds is 4. The summed E-state index contributed by atoms with van der Waals surface area (Å²) in [4.78, 5) is 12.5. The van der Waals surface area contributed by atoms with Gasteiger partial charge in [0.15, 0.2) is 0 Å². The van der Waals surface area contributed by atoms with Gasteiger partial charge in [-0.05, 0) is 68.8 Å². The van der Waals surface area contributed by atoms with Gasteiger partial charge in [-0.25, -0.2) is 4.68 Å². The van der Waals surface area contributed by atoms with Crippen LogP contribution in [-0.4, -0.2) is 22.8 Å². The van der Waals surface area contributed by atoms with Crippen molar-refractivity contribution in [3.05, 3.63) is 71.0 Å². The molecule has 0 unspecified atom stereocenters. The fourth-order valence-corrected chi connectivity index (χ4v) is 2.76. The van der Waals surface area contributed by atoms with Gasteiger partial charge in [-0.3, -0.25) is 4.79 Å². The number of ether oxygens (including phenoxy) is 1. The number of anilines is 1. The molecule has 1 heterocycles. The number of carbonyl (C=O) groups excluding carboxylic acids is 1.